The molecule has 3 aliphatic rings. The molecular weight excluding hydrogens is 439 g/mol. The third-order valence-corrected chi connectivity index (χ3v) is 8.70. The first-order valence-electron chi connectivity index (χ1n) is 9.92. The number of sulfonamides is 1. The van der Waals surface area contributed by atoms with Gasteiger partial charge in [0.2, 0.25) is 10.0 Å². The van der Waals surface area contributed by atoms with Gasteiger partial charge in [-0.05, 0) is 37.8 Å². The molecule has 0 aromatic heterocycles. The van der Waals surface area contributed by atoms with Gasteiger partial charge < -0.3 is 14.7 Å². The first-order valence-corrected chi connectivity index (χ1v) is 12.1. The number of ether oxygens (including phenoxy) is 1. The Morgan fingerprint density at radius 3 is 2.48 bits per heavy atom. The predicted octanol–water partition coefficient (Wildman–Crippen LogP) is 3.86. The molecule has 1 aliphatic carbocycles. The van der Waals surface area contributed by atoms with Gasteiger partial charge in [-0.1, -0.05) is 36.0 Å². The molecule has 7 nitrogen and oxygen atoms in total. The fourth-order valence-electron chi connectivity index (χ4n) is 4.80. The average Bonchev–Trinajstić information content (AvgIpc) is 2.70. The minimum Gasteiger partial charge on any atom is -0.505 e. The van der Waals surface area contributed by atoms with Crippen molar-refractivity contribution in [2.45, 2.75) is 55.5 Å². The van der Waals surface area contributed by atoms with Gasteiger partial charge >= 0.3 is 6.09 Å². The number of nitrogens with zero attached hydrogens (tertiary/aromatic N) is 2. The van der Waals surface area contributed by atoms with Gasteiger partial charge in [0.25, 0.3) is 0 Å². The van der Waals surface area contributed by atoms with Crippen LogP contribution in [0.5, 0.6) is 5.75 Å². The van der Waals surface area contributed by atoms with Crippen molar-refractivity contribution in [1.29, 1.82) is 0 Å². The number of phenolic OH excluding ortho intramolecular Hbond substituents is 1. The largest absolute Gasteiger partial charge is 0.505 e. The first-order chi connectivity index (χ1) is 13.8. The number of cyclic esters (lactones) is 1. The maximum Gasteiger partial charge on any atom is 0.410 e. The highest BCUT2D eigenvalue weighted by molar-refractivity contribution is 7.89. The average molecular weight is 463 g/mol. The lowest BCUT2D eigenvalue weighted by Crippen LogP contribution is -2.58. The number of aromatic hydroxyl groups is 1. The number of hydrogen-bond acceptors (Lipinski definition) is 5. The normalized spacial score (nSPS) is 26.8. The predicted molar refractivity (Wildman–Crippen MR) is 109 cm³/mol. The molecule has 160 valence electrons. The summed E-state index contributed by atoms with van der Waals surface area (Å²) in [5, 5.41) is 10.2. The van der Waals surface area contributed by atoms with Crippen molar-refractivity contribution < 1.29 is 23.1 Å². The maximum absolute atomic E-state index is 13.0. The van der Waals surface area contributed by atoms with Crippen molar-refractivity contribution in [2.75, 3.05) is 19.7 Å². The smallest absolute Gasteiger partial charge is 0.410 e. The van der Waals surface area contributed by atoms with E-state index in [1.807, 2.05) is 4.90 Å². The molecule has 0 radical (unpaired) electrons. The van der Waals surface area contributed by atoms with E-state index in [0.717, 1.165) is 25.7 Å². The SMILES string of the molecule is O=C1OCC2CCCCC2N1C1CCN(S(=O)(=O)c2cc(Cl)cc(Cl)c2O)CC1. The van der Waals surface area contributed by atoms with E-state index in [-0.39, 0.29) is 46.2 Å². The molecule has 1 aromatic carbocycles. The molecule has 0 spiro atoms. The third-order valence-electron chi connectivity index (χ3n) is 6.29. The maximum atomic E-state index is 13.0. The Balaban J connectivity index is 1.50. The van der Waals surface area contributed by atoms with Gasteiger partial charge in [0, 0.05) is 36.1 Å². The zero-order valence-electron chi connectivity index (χ0n) is 15.9. The third kappa shape index (κ3) is 3.92. The Morgan fingerprint density at radius 1 is 1.07 bits per heavy atom. The Morgan fingerprint density at radius 2 is 1.76 bits per heavy atom. The van der Waals surface area contributed by atoms with Crippen LogP contribution in [0.2, 0.25) is 10.0 Å². The number of piperidine rings is 1. The van der Waals surface area contributed by atoms with Crippen molar-refractivity contribution in [3.8, 4) is 5.75 Å². The van der Waals surface area contributed by atoms with E-state index in [2.05, 4.69) is 0 Å². The van der Waals surface area contributed by atoms with Gasteiger partial charge in [-0.2, -0.15) is 4.31 Å². The second-order valence-electron chi connectivity index (χ2n) is 7.97. The van der Waals surface area contributed by atoms with Crippen LogP contribution in [-0.2, 0) is 14.8 Å². The summed E-state index contributed by atoms with van der Waals surface area (Å²) in [5.74, 6) is -0.128. The number of amides is 1. The second kappa shape index (κ2) is 8.13. The highest BCUT2D eigenvalue weighted by Crippen LogP contribution is 2.38. The summed E-state index contributed by atoms with van der Waals surface area (Å²) in [5.41, 5.74) is 0. The molecule has 3 fully saturated rings. The minimum atomic E-state index is -3.95. The van der Waals surface area contributed by atoms with Crippen molar-refractivity contribution in [1.82, 2.24) is 9.21 Å². The molecule has 2 atom stereocenters. The van der Waals surface area contributed by atoms with Crippen molar-refractivity contribution in [2.24, 2.45) is 5.92 Å². The van der Waals surface area contributed by atoms with Gasteiger partial charge in [-0.15, -0.1) is 0 Å². The van der Waals surface area contributed by atoms with Gasteiger partial charge in [0.05, 0.1) is 11.6 Å². The van der Waals surface area contributed by atoms with E-state index in [4.69, 9.17) is 27.9 Å². The molecule has 2 aliphatic heterocycles. The highest BCUT2D eigenvalue weighted by atomic mass is 35.5. The summed E-state index contributed by atoms with van der Waals surface area (Å²) in [7, 11) is -3.95. The van der Waals surface area contributed by atoms with E-state index in [0.29, 0.717) is 25.4 Å². The minimum absolute atomic E-state index is 0.0450. The Hall–Kier alpha value is -1.22. The molecular formula is C19H24Cl2N2O5S. The summed E-state index contributed by atoms with van der Waals surface area (Å²) >= 11 is 11.8. The molecule has 10 heteroatoms. The van der Waals surface area contributed by atoms with Gasteiger partial charge in [-0.3, -0.25) is 0 Å². The van der Waals surface area contributed by atoms with Crippen LogP contribution in [0.4, 0.5) is 4.79 Å². The Labute approximate surface area is 180 Å². The van der Waals surface area contributed by atoms with E-state index >= 15 is 0 Å². The zero-order valence-corrected chi connectivity index (χ0v) is 18.2. The van der Waals surface area contributed by atoms with Crippen LogP contribution in [0, 0.1) is 5.92 Å². The molecule has 2 unspecified atom stereocenters. The molecule has 1 aromatic rings. The molecule has 2 saturated heterocycles. The number of carbonyl (C=O) groups is 1. The summed E-state index contributed by atoms with van der Waals surface area (Å²) in [6.07, 6.45) is 5.07. The first kappa shape index (κ1) is 21.0. The Kier molecular flexibility index (Phi) is 5.90. The summed E-state index contributed by atoms with van der Waals surface area (Å²) in [6.45, 7) is 0.984. The van der Waals surface area contributed by atoms with Crippen molar-refractivity contribution in [3.05, 3.63) is 22.2 Å². The highest BCUT2D eigenvalue weighted by Gasteiger charge is 2.44. The topological polar surface area (TPSA) is 87.2 Å². The number of hydrogen-bond donors (Lipinski definition) is 1. The van der Waals surface area contributed by atoms with Gasteiger partial charge in [-0.25, -0.2) is 13.2 Å². The van der Waals surface area contributed by atoms with Crippen LogP contribution in [0.3, 0.4) is 0 Å². The lowest BCUT2D eigenvalue weighted by Gasteiger charge is -2.48. The lowest BCUT2D eigenvalue weighted by atomic mass is 9.82. The van der Waals surface area contributed by atoms with Crippen LogP contribution in [0.15, 0.2) is 17.0 Å². The Bertz CT molecular complexity index is 902. The summed E-state index contributed by atoms with van der Waals surface area (Å²) < 4.78 is 32.8. The molecule has 1 N–H and O–H groups in total. The molecule has 4 rings (SSSR count). The number of halogens is 2. The molecule has 29 heavy (non-hydrogen) atoms. The molecule has 2 heterocycles. The fourth-order valence-corrected chi connectivity index (χ4v) is 7.01. The van der Waals surface area contributed by atoms with Crippen LogP contribution < -0.4 is 0 Å². The van der Waals surface area contributed by atoms with Gasteiger partial charge in [0.1, 0.15) is 4.90 Å². The summed E-state index contributed by atoms with van der Waals surface area (Å²) in [6, 6.07) is 2.65. The number of benzene rings is 1. The summed E-state index contributed by atoms with van der Waals surface area (Å²) in [4.78, 5) is 14.1. The number of phenols is 1. The van der Waals surface area contributed by atoms with E-state index < -0.39 is 15.8 Å². The quantitative estimate of drug-likeness (QED) is 0.736. The van der Waals surface area contributed by atoms with Crippen LogP contribution in [-0.4, -0.2) is 60.6 Å². The fraction of sp³-hybridized carbons (Fsp3) is 0.632. The second-order valence-corrected chi connectivity index (χ2v) is 10.7. The van der Waals surface area contributed by atoms with Crippen molar-refractivity contribution in [3.63, 3.8) is 0 Å². The van der Waals surface area contributed by atoms with Crippen LogP contribution >= 0.6 is 23.2 Å². The van der Waals surface area contributed by atoms with Crippen LogP contribution in [0.1, 0.15) is 38.5 Å². The monoisotopic (exact) mass is 462 g/mol. The molecule has 0 bridgehead atoms. The number of rotatable bonds is 3. The lowest BCUT2D eigenvalue weighted by molar-refractivity contribution is -0.0337. The molecule has 1 saturated carbocycles. The molecule has 1 amide bonds. The van der Waals surface area contributed by atoms with Crippen molar-refractivity contribution >= 4 is 39.3 Å². The van der Waals surface area contributed by atoms with E-state index in [1.165, 1.54) is 16.4 Å². The standard InChI is InChI=1S/C19H24Cl2N2O5S/c20-13-9-15(21)18(24)17(10-13)29(26,27)22-7-5-14(6-8-22)23-16-4-2-1-3-12(16)11-28-19(23)25/h9-10,12,14,16,24H,1-8,11H2. The van der Waals surface area contributed by atoms with E-state index in [1.54, 1.807) is 0 Å². The van der Waals surface area contributed by atoms with Crippen LogP contribution in [0.25, 0.3) is 0 Å². The number of carbonyl (C=O) groups excluding carboxylic acids is 1. The number of fused-ring (bicyclic) bond motifs is 1. The zero-order chi connectivity index (χ0) is 20.8. The van der Waals surface area contributed by atoms with Gasteiger partial charge in [0.15, 0.2) is 5.75 Å². The van der Waals surface area contributed by atoms with E-state index in [9.17, 15) is 18.3 Å².